The van der Waals surface area contributed by atoms with Crippen LogP contribution >= 0.6 is 0 Å². The SMILES string of the molecule is CC(C)OC(=O)Nc1ccc(-c2c(N)c3ccc(OCC[C@@H](C)O)cc3n2C2CCC2)cc1. The predicted molar refractivity (Wildman–Crippen MR) is 132 cm³/mol. The number of amides is 1. The highest BCUT2D eigenvalue weighted by atomic mass is 16.6. The maximum atomic E-state index is 11.9. The summed E-state index contributed by atoms with van der Waals surface area (Å²) in [6.45, 7) is 5.85. The molecule has 0 saturated heterocycles. The number of aromatic nitrogens is 1. The maximum Gasteiger partial charge on any atom is 0.411 e. The zero-order chi connectivity index (χ0) is 23.5. The molecule has 176 valence electrons. The van der Waals surface area contributed by atoms with Crippen molar-refractivity contribution in [3.63, 3.8) is 0 Å². The van der Waals surface area contributed by atoms with Crippen molar-refractivity contribution >= 4 is 28.4 Å². The van der Waals surface area contributed by atoms with Crippen LogP contribution in [0, 0.1) is 0 Å². The van der Waals surface area contributed by atoms with Crippen molar-refractivity contribution in [2.45, 2.75) is 64.7 Å². The highest BCUT2D eigenvalue weighted by Crippen LogP contribution is 2.44. The lowest BCUT2D eigenvalue weighted by Crippen LogP contribution is -2.18. The summed E-state index contributed by atoms with van der Waals surface area (Å²) < 4.78 is 13.4. The number of nitrogen functional groups attached to an aromatic ring is 1. The Hall–Kier alpha value is -3.19. The van der Waals surface area contributed by atoms with Gasteiger partial charge in [0.25, 0.3) is 0 Å². The molecule has 0 bridgehead atoms. The quantitative estimate of drug-likeness (QED) is 0.407. The van der Waals surface area contributed by atoms with Gasteiger partial charge in [-0.15, -0.1) is 0 Å². The summed E-state index contributed by atoms with van der Waals surface area (Å²) in [4.78, 5) is 11.9. The Morgan fingerprint density at radius 3 is 2.52 bits per heavy atom. The Kier molecular flexibility index (Phi) is 6.79. The van der Waals surface area contributed by atoms with Crippen molar-refractivity contribution in [3.05, 3.63) is 42.5 Å². The van der Waals surface area contributed by atoms with Crippen molar-refractivity contribution in [1.29, 1.82) is 0 Å². The molecule has 1 saturated carbocycles. The van der Waals surface area contributed by atoms with E-state index in [2.05, 4.69) is 9.88 Å². The number of carbonyl (C=O) groups is 1. The molecule has 1 fully saturated rings. The molecule has 1 aromatic heterocycles. The van der Waals surface area contributed by atoms with Gasteiger partial charge in [0.2, 0.25) is 0 Å². The number of hydrogen-bond acceptors (Lipinski definition) is 5. The normalized spacial score (nSPS) is 14.8. The van der Waals surface area contributed by atoms with Crippen LogP contribution in [0.2, 0.25) is 0 Å². The number of anilines is 2. The summed E-state index contributed by atoms with van der Waals surface area (Å²) in [5.74, 6) is 0.774. The minimum absolute atomic E-state index is 0.178. The molecule has 0 spiro atoms. The summed E-state index contributed by atoms with van der Waals surface area (Å²) in [6, 6.07) is 14.1. The van der Waals surface area contributed by atoms with E-state index in [4.69, 9.17) is 15.2 Å². The highest BCUT2D eigenvalue weighted by molar-refractivity contribution is 6.01. The number of nitrogens with two attached hydrogens (primary N) is 1. The number of nitrogens with one attached hydrogen (secondary N) is 1. The van der Waals surface area contributed by atoms with Crippen LogP contribution in [-0.4, -0.2) is 34.6 Å². The third-order valence-corrected chi connectivity index (χ3v) is 6.01. The van der Waals surface area contributed by atoms with Crippen LogP contribution in [0.15, 0.2) is 42.5 Å². The second-order valence-electron chi connectivity index (χ2n) is 9.04. The van der Waals surface area contributed by atoms with Crippen molar-refractivity contribution in [2.24, 2.45) is 0 Å². The highest BCUT2D eigenvalue weighted by Gasteiger charge is 2.27. The Morgan fingerprint density at radius 1 is 1.18 bits per heavy atom. The molecule has 3 aromatic rings. The van der Waals surface area contributed by atoms with Gasteiger partial charge in [-0.3, -0.25) is 5.32 Å². The molecule has 0 aliphatic heterocycles. The number of rotatable bonds is 8. The lowest BCUT2D eigenvalue weighted by atomic mass is 9.92. The monoisotopic (exact) mass is 451 g/mol. The van der Waals surface area contributed by atoms with E-state index in [1.807, 2.05) is 56.3 Å². The standard InChI is InChI=1S/C26H33N3O4/c1-16(2)33-26(31)28-19-9-7-18(8-10-19)25-24(27)22-12-11-21(32-14-13-17(3)30)15-23(22)29(25)20-5-4-6-20/h7-12,15-17,20,30H,4-6,13-14,27H2,1-3H3,(H,28,31)/t17-/m1/s1. The molecule has 1 amide bonds. The number of fused-ring (bicyclic) bond motifs is 1. The zero-order valence-corrected chi connectivity index (χ0v) is 19.5. The minimum Gasteiger partial charge on any atom is -0.493 e. The smallest absolute Gasteiger partial charge is 0.411 e. The summed E-state index contributed by atoms with van der Waals surface area (Å²) in [6.07, 6.45) is 2.98. The van der Waals surface area contributed by atoms with Gasteiger partial charge < -0.3 is 24.9 Å². The van der Waals surface area contributed by atoms with E-state index in [0.717, 1.165) is 46.4 Å². The van der Waals surface area contributed by atoms with Gasteiger partial charge in [-0.05, 0) is 64.3 Å². The van der Waals surface area contributed by atoms with Crippen molar-refractivity contribution in [3.8, 4) is 17.0 Å². The van der Waals surface area contributed by atoms with Crippen LogP contribution in [0.3, 0.4) is 0 Å². The molecule has 1 atom stereocenters. The molecule has 2 aromatic carbocycles. The second-order valence-corrected chi connectivity index (χ2v) is 9.04. The lowest BCUT2D eigenvalue weighted by Gasteiger charge is -2.30. The zero-order valence-electron chi connectivity index (χ0n) is 19.5. The average molecular weight is 452 g/mol. The molecular formula is C26H33N3O4. The molecule has 1 aliphatic carbocycles. The van der Waals surface area contributed by atoms with Gasteiger partial charge in [-0.2, -0.15) is 0 Å². The molecular weight excluding hydrogens is 418 g/mol. The fourth-order valence-corrected chi connectivity index (χ4v) is 4.14. The van der Waals surface area contributed by atoms with Gasteiger partial charge in [0.15, 0.2) is 0 Å². The van der Waals surface area contributed by atoms with Crippen molar-refractivity contribution in [1.82, 2.24) is 4.57 Å². The van der Waals surface area contributed by atoms with Crippen LogP contribution in [0.4, 0.5) is 16.2 Å². The molecule has 0 unspecified atom stereocenters. The van der Waals surface area contributed by atoms with Crippen LogP contribution in [0.25, 0.3) is 22.2 Å². The third kappa shape index (κ3) is 5.09. The van der Waals surface area contributed by atoms with E-state index in [0.29, 0.717) is 24.8 Å². The predicted octanol–water partition coefficient (Wildman–Crippen LogP) is 5.72. The van der Waals surface area contributed by atoms with Crippen LogP contribution in [-0.2, 0) is 4.74 Å². The average Bonchev–Trinajstić information content (AvgIpc) is 2.98. The van der Waals surface area contributed by atoms with Crippen molar-refractivity contribution < 1.29 is 19.4 Å². The fourth-order valence-electron chi connectivity index (χ4n) is 4.14. The van der Waals surface area contributed by atoms with E-state index in [9.17, 15) is 9.90 Å². The molecule has 4 N–H and O–H groups in total. The van der Waals surface area contributed by atoms with E-state index in [-0.39, 0.29) is 12.2 Å². The Labute approximate surface area is 194 Å². The Morgan fingerprint density at radius 2 is 1.91 bits per heavy atom. The van der Waals surface area contributed by atoms with Crippen molar-refractivity contribution in [2.75, 3.05) is 17.7 Å². The second kappa shape index (κ2) is 9.75. The van der Waals surface area contributed by atoms with Gasteiger partial charge >= 0.3 is 6.09 Å². The number of ether oxygens (including phenoxy) is 2. The number of hydrogen-bond donors (Lipinski definition) is 3. The van der Waals surface area contributed by atoms with Gasteiger partial charge in [-0.25, -0.2) is 4.79 Å². The summed E-state index contributed by atoms with van der Waals surface area (Å²) >= 11 is 0. The first kappa shape index (κ1) is 23.0. The maximum absolute atomic E-state index is 11.9. The first-order chi connectivity index (χ1) is 15.8. The minimum atomic E-state index is -0.469. The third-order valence-electron chi connectivity index (χ3n) is 6.01. The topological polar surface area (TPSA) is 98.7 Å². The summed E-state index contributed by atoms with van der Waals surface area (Å²) in [5.41, 5.74) is 11.1. The molecule has 7 nitrogen and oxygen atoms in total. The van der Waals surface area contributed by atoms with Crippen LogP contribution < -0.4 is 15.8 Å². The van der Waals surface area contributed by atoms with E-state index >= 15 is 0 Å². The number of aliphatic hydroxyl groups excluding tert-OH is 1. The number of nitrogens with zero attached hydrogens (tertiary/aromatic N) is 1. The molecule has 4 rings (SSSR count). The van der Waals surface area contributed by atoms with Gasteiger partial charge in [0.1, 0.15) is 5.75 Å². The van der Waals surface area contributed by atoms with E-state index < -0.39 is 6.09 Å². The number of aliphatic hydroxyl groups is 1. The molecule has 33 heavy (non-hydrogen) atoms. The lowest BCUT2D eigenvalue weighted by molar-refractivity contribution is 0.130. The summed E-state index contributed by atoms with van der Waals surface area (Å²) in [5, 5.41) is 13.3. The molecule has 1 aliphatic rings. The Bertz CT molecular complexity index is 1110. The van der Waals surface area contributed by atoms with Crippen LogP contribution in [0.5, 0.6) is 5.75 Å². The number of carbonyl (C=O) groups excluding carboxylic acids is 1. The largest absolute Gasteiger partial charge is 0.493 e. The number of benzene rings is 2. The first-order valence-electron chi connectivity index (χ1n) is 11.7. The van der Waals surface area contributed by atoms with E-state index in [1.165, 1.54) is 6.42 Å². The van der Waals surface area contributed by atoms with Gasteiger partial charge in [0, 0.05) is 35.2 Å². The van der Waals surface area contributed by atoms with Gasteiger partial charge in [0.05, 0.1) is 35.7 Å². The molecule has 7 heteroatoms. The summed E-state index contributed by atoms with van der Waals surface area (Å²) in [7, 11) is 0. The van der Waals surface area contributed by atoms with Crippen LogP contribution in [0.1, 0.15) is 52.5 Å². The molecule has 1 heterocycles. The molecule has 0 radical (unpaired) electrons. The Balaban J connectivity index is 1.66. The fraction of sp³-hybridized carbons (Fsp3) is 0.423. The van der Waals surface area contributed by atoms with E-state index in [1.54, 1.807) is 6.92 Å². The van der Waals surface area contributed by atoms with Gasteiger partial charge in [-0.1, -0.05) is 12.1 Å². The first-order valence-corrected chi connectivity index (χ1v) is 11.7.